The molecular weight excluding hydrogens is 354 g/mol. The van der Waals surface area contributed by atoms with Crippen molar-refractivity contribution in [3.63, 3.8) is 0 Å². The third-order valence-electron chi connectivity index (χ3n) is 4.76. The van der Waals surface area contributed by atoms with Gasteiger partial charge in [0.15, 0.2) is 0 Å². The van der Waals surface area contributed by atoms with Crippen LogP contribution >= 0.6 is 0 Å². The lowest BCUT2D eigenvalue weighted by Crippen LogP contribution is -2.48. The molecule has 1 aromatic carbocycles. The van der Waals surface area contributed by atoms with Crippen molar-refractivity contribution in [1.29, 1.82) is 0 Å². The second-order valence-electron chi connectivity index (χ2n) is 6.66. The van der Waals surface area contributed by atoms with Crippen LogP contribution in [-0.4, -0.2) is 71.8 Å². The largest absolute Gasteiger partial charge is 0.395 e. The van der Waals surface area contributed by atoms with Gasteiger partial charge in [0, 0.05) is 38.6 Å². The number of nitrogens with zero attached hydrogens (tertiary/aromatic N) is 3. The average molecular weight is 381 g/mol. The number of pyridine rings is 1. The first-order valence-electron chi connectivity index (χ1n) is 9.62. The number of aliphatic hydroxyl groups is 1. The van der Waals surface area contributed by atoms with Crippen LogP contribution in [0.15, 0.2) is 60.9 Å². The Labute approximate surface area is 166 Å². The first-order chi connectivity index (χ1) is 13.8. The molecule has 28 heavy (non-hydrogen) atoms. The van der Waals surface area contributed by atoms with E-state index in [-0.39, 0.29) is 12.5 Å². The van der Waals surface area contributed by atoms with Gasteiger partial charge in [0.1, 0.15) is 6.04 Å². The molecule has 148 valence electrons. The van der Waals surface area contributed by atoms with Crippen LogP contribution < -0.4 is 0 Å². The summed E-state index contributed by atoms with van der Waals surface area (Å²) >= 11 is 0. The van der Waals surface area contributed by atoms with Gasteiger partial charge in [-0.3, -0.25) is 14.7 Å². The predicted octanol–water partition coefficient (Wildman–Crippen LogP) is 1.99. The molecule has 0 radical (unpaired) electrons. The molecule has 0 saturated carbocycles. The van der Waals surface area contributed by atoms with Gasteiger partial charge in [-0.1, -0.05) is 48.6 Å². The monoisotopic (exact) mass is 381 g/mol. The molecule has 6 nitrogen and oxygen atoms in total. The van der Waals surface area contributed by atoms with Gasteiger partial charge in [-0.05, 0) is 17.2 Å². The van der Waals surface area contributed by atoms with Crippen molar-refractivity contribution >= 4 is 12.0 Å². The van der Waals surface area contributed by atoms with Gasteiger partial charge in [0.2, 0.25) is 5.91 Å². The van der Waals surface area contributed by atoms with Crippen LogP contribution in [0.25, 0.3) is 6.08 Å². The number of morpholine rings is 1. The number of rotatable bonds is 8. The molecule has 0 bridgehead atoms. The highest BCUT2D eigenvalue weighted by molar-refractivity contribution is 5.83. The topological polar surface area (TPSA) is 65.9 Å². The molecule has 1 aromatic heterocycles. The summed E-state index contributed by atoms with van der Waals surface area (Å²) in [4.78, 5) is 21.5. The van der Waals surface area contributed by atoms with Gasteiger partial charge in [0.25, 0.3) is 0 Å². The highest BCUT2D eigenvalue weighted by atomic mass is 16.5. The van der Waals surface area contributed by atoms with Crippen molar-refractivity contribution in [3.05, 3.63) is 72.1 Å². The lowest BCUT2D eigenvalue weighted by molar-refractivity contribution is -0.139. The van der Waals surface area contributed by atoms with E-state index in [1.807, 2.05) is 54.6 Å². The summed E-state index contributed by atoms with van der Waals surface area (Å²) in [7, 11) is 0. The van der Waals surface area contributed by atoms with Crippen LogP contribution in [0.1, 0.15) is 17.2 Å². The maximum atomic E-state index is 13.4. The van der Waals surface area contributed by atoms with Gasteiger partial charge in [0.05, 0.1) is 19.8 Å². The summed E-state index contributed by atoms with van der Waals surface area (Å²) in [5.74, 6) is -0.0262. The van der Waals surface area contributed by atoms with E-state index in [4.69, 9.17) is 4.74 Å². The molecule has 0 aliphatic carbocycles. The number of hydrogen-bond acceptors (Lipinski definition) is 5. The zero-order valence-corrected chi connectivity index (χ0v) is 16.0. The Hall–Kier alpha value is -2.54. The number of hydrogen-bond donors (Lipinski definition) is 1. The zero-order chi connectivity index (χ0) is 19.6. The first kappa shape index (κ1) is 20.2. The Balaban J connectivity index is 1.78. The molecule has 1 aliphatic rings. The maximum absolute atomic E-state index is 13.4. The molecular formula is C22H27N3O3. The minimum atomic E-state index is -0.422. The Bertz CT molecular complexity index is 746. The Kier molecular flexibility index (Phi) is 7.72. The normalized spacial score (nSPS) is 16.2. The molecule has 2 aromatic rings. The molecule has 1 unspecified atom stereocenters. The Morgan fingerprint density at radius 2 is 2.00 bits per heavy atom. The standard InChI is InChI=1S/C22H27N3O3/c26-15-12-25(11-5-8-19-6-2-1-3-7-19)22(27)21(20-9-4-10-23-18-20)24-13-16-28-17-14-24/h1-10,18,21,26H,11-17H2/b8-5+. The summed E-state index contributed by atoms with van der Waals surface area (Å²) in [6.07, 6.45) is 7.40. The fourth-order valence-electron chi connectivity index (χ4n) is 3.35. The minimum Gasteiger partial charge on any atom is -0.395 e. The maximum Gasteiger partial charge on any atom is 0.244 e. The summed E-state index contributed by atoms with van der Waals surface area (Å²) < 4.78 is 5.45. The van der Waals surface area contributed by atoms with Crippen molar-refractivity contribution in [2.45, 2.75) is 6.04 Å². The van der Waals surface area contributed by atoms with Crippen molar-refractivity contribution < 1.29 is 14.6 Å². The predicted molar refractivity (Wildman–Crippen MR) is 109 cm³/mol. The first-order valence-corrected chi connectivity index (χ1v) is 9.62. The number of carbonyl (C=O) groups excluding carboxylic acids is 1. The molecule has 3 rings (SSSR count). The van der Waals surface area contributed by atoms with E-state index < -0.39 is 6.04 Å². The van der Waals surface area contributed by atoms with Gasteiger partial charge in [-0.2, -0.15) is 0 Å². The van der Waals surface area contributed by atoms with Crippen molar-refractivity contribution in [1.82, 2.24) is 14.8 Å². The lowest BCUT2D eigenvalue weighted by atomic mass is 10.0. The average Bonchev–Trinajstić information content (AvgIpc) is 2.75. The van der Waals surface area contributed by atoms with Crippen LogP contribution in [0.2, 0.25) is 0 Å². The van der Waals surface area contributed by atoms with Gasteiger partial charge in [-0.15, -0.1) is 0 Å². The number of amides is 1. The van der Waals surface area contributed by atoms with E-state index in [2.05, 4.69) is 9.88 Å². The summed E-state index contributed by atoms with van der Waals surface area (Å²) in [6, 6.07) is 13.3. The van der Waals surface area contributed by atoms with E-state index in [0.717, 1.165) is 11.1 Å². The van der Waals surface area contributed by atoms with Crippen molar-refractivity contribution in [2.24, 2.45) is 0 Å². The van der Waals surface area contributed by atoms with E-state index in [9.17, 15) is 9.90 Å². The Morgan fingerprint density at radius 3 is 2.68 bits per heavy atom. The molecule has 6 heteroatoms. The number of benzene rings is 1. The number of carbonyl (C=O) groups is 1. The van der Waals surface area contributed by atoms with Crippen molar-refractivity contribution in [3.8, 4) is 0 Å². The summed E-state index contributed by atoms with van der Waals surface area (Å²) in [5, 5.41) is 9.50. The van der Waals surface area contributed by atoms with E-state index in [1.165, 1.54) is 0 Å². The number of ether oxygens (including phenoxy) is 1. The third kappa shape index (κ3) is 5.48. The second kappa shape index (κ2) is 10.7. The van der Waals surface area contributed by atoms with E-state index >= 15 is 0 Å². The van der Waals surface area contributed by atoms with E-state index in [1.54, 1.807) is 17.3 Å². The van der Waals surface area contributed by atoms with Gasteiger partial charge in [-0.25, -0.2) is 0 Å². The minimum absolute atomic E-state index is 0.0262. The van der Waals surface area contributed by atoms with Crippen LogP contribution in [0, 0.1) is 0 Å². The fraction of sp³-hybridized carbons (Fsp3) is 0.364. The van der Waals surface area contributed by atoms with E-state index in [0.29, 0.717) is 39.4 Å². The molecule has 1 saturated heterocycles. The van der Waals surface area contributed by atoms with Crippen LogP contribution in [0.3, 0.4) is 0 Å². The molecule has 1 N–H and O–H groups in total. The smallest absolute Gasteiger partial charge is 0.244 e. The summed E-state index contributed by atoms with van der Waals surface area (Å²) in [5.41, 5.74) is 1.94. The summed E-state index contributed by atoms with van der Waals surface area (Å²) in [6.45, 7) is 3.26. The molecule has 1 amide bonds. The van der Waals surface area contributed by atoms with Crippen LogP contribution in [0.5, 0.6) is 0 Å². The molecule has 1 fully saturated rings. The quantitative estimate of drug-likeness (QED) is 0.758. The molecule has 2 heterocycles. The highest BCUT2D eigenvalue weighted by Crippen LogP contribution is 2.24. The van der Waals surface area contributed by atoms with Crippen LogP contribution in [-0.2, 0) is 9.53 Å². The number of aromatic nitrogens is 1. The highest BCUT2D eigenvalue weighted by Gasteiger charge is 2.32. The lowest BCUT2D eigenvalue weighted by Gasteiger charge is -2.36. The second-order valence-corrected chi connectivity index (χ2v) is 6.66. The van der Waals surface area contributed by atoms with Gasteiger partial charge < -0.3 is 14.7 Å². The molecule has 0 spiro atoms. The molecule has 1 aliphatic heterocycles. The fourth-order valence-corrected chi connectivity index (χ4v) is 3.35. The number of aliphatic hydroxyl groups excluding tert-OH is 1. The van der Waals surface area contributed by atoms with Gasteiger partial charge >= 0.3 is 0 Å². The van der Waals surface area contributed by atoms with Crippen molar-refractivity contribution in [2.75, 3.05) is 46.0 Å². The SMILES string of the molecule is O=C(C(c1cccnc1)N1CCOCC1)N(C/C=C/c1ccccc1)CCO. The third-order valence-corrected chi connectivity index (χ3v) is 4.76. The zero-order valence-electron chi connectivity index (χ0n) is 16.0. The molecule has 1 atom stereocenters. The van der Waals surface area contributed by atoms with Crippen LogP contribution in [0.4, 0.5) is 0 Å². The Morgan fingerprint density at radius 1 is 1.21 bits per heavy atom.